The average Bonchev–Trinajstić information content (AvgIpc) is 1.45. The zero-order chi connectivity index (χ0) is 70.5. The molecule has 7 aliphatic carbocycles. The summed E-state index contributed by atoms with van der Waals surface area (Å²) in [5.74, 6) is 4.30. The van der Waals surface area contributed by atoms with E-state index in [1.807, 2.05) is 81.6 Å². The van der Waals surface area contributed by atoms with Crippen LogP contribution in [0.2, 0.25) is 0 Å². The van der Waals surface area contributed by atoms with E-state index in [0.29, 0.717) is 67.2 Å². The van der Waals surface area contributed by atoms with Crippen LogP contribution in [0, 0.1) is 58.9 Å². The monoisotopic (exact) mass is 1380 g/mol. The maximum Gasteiger partial charge on any atom is 0.407 e. The van der Waals surface area contributed by atoms with Gasteiger partial charge >= 0.3 is 18.3 Å². The third-order valence-electron chi connectivity index (χ3n) is 21.8. The van der Waals surface area contributed by atoms with Crippen molar-refractivity contribution in [1.29, 1.82) is 0 Å². The number of aromatic amines is 1. The molecule has 0 spiro atoms. The Bertz CT molecular complexity index is 4170. The fraction of sp³-hybridized carbons (Fsp3) is 0.365. The number of halogens is 3. The lowest BCUT2D eigenvalue weighted by Gasteiger charge is -2.44. The van der Waals surface area contributed by atoms with Gasteiger partial charge in [-0.3, -0.25) is 15.0 Å². The van der Waals surface area contributed by atoms with Crippen molar-refractivity contribution in [3.05, 3.63) is 251 Å². The molecule has 3 fully saturated rings. The molecule has 0 aliphatic heterocycles. The smallest absolute Gasteiger partial charge is 0.407 e. The molecule has 14 nitrogen and oxygen atoms in total. The van der Waals surface area contributed by atoms with Crippen molar-refractivity contribution in [2.24, 2.45) is 41.4 Å². The Hall–Kier alpha value is -10.0. The van der Waals surface area contributed by atoms with E-state index in [1.54, 1.807) is 42.4 Å². The Morgan fingerprint density at radius 2 is 0.931 bits per heavy atom. The number of aromatic nitrogens is 4. The molecule has 528 valence electrons. The minimum absolute atomic E-state index is 0.149. The number of amides is 3. The molecule has 5 aromatic heterocycles. The Balaban J connectivity index is 0.000000137. The molecule has 15 rings (SSSR count). The summed E-state index contributed by atoms with van der Waals surface area (Å²) in [5, 5.41) is 9.14. The summed E-state index contributed by atoms with van der Waals surface area (Å²) in [6.45, 7) is 6.65. The molecule has 4 N–H and O–H groups in total. The molecule has 102 heavy (non-hydrogen) atoms. The minimum Gasteiger partial charge on any atom is -0.468 e. The van der Waals surface area contributed by atoms with Crippen LogP contribution in [-0.2, 0) is 27.1 Å². The van der Waals surface area contributed by atoms with Crippen LogP contribution in [0.25, 0.3) is 51.6 Å². The van der Waals surface area contributed by atoms with E-state index in [0.717, 1.165) is 140 Å². The predicted molar refractivity (Wildman–Crippen MR) is 392 cm³/mol. The molecule has 0 unspecified atom stereocenters. The molecule has 7 aliphatic rings. The molecule has 3 aromatic carbocycles. The zero-order valence-electron chi connectivity index (χ0n) is 58.1. The van der Waals surface area contributed by atoms with Crippen LogP contribution in [0.1, 0.15) is 143 Å². The molecule has 0 bridgehead atoms. The molecule has 12 atom stereocenters. The van der Waals surface area contributed by atoms with Gasteiger partial charge in [0.05, 0.1) is 43.2 Å². The van der Waals surface area contributed by atoms with Gasteiger partial charge in [0.1, 0.15) is 23.2 Å². The van der Waals surface area contributed by atoms with E-state index >= 15 is 0 Å². The highest BCUT2D eigenvalue weighted by molar-refractivity contribution is 5.70. The standard InChI is InChI=1S/C29H31FN2O2.C28H30FN3O2.C28H29FN2O3/c1-2-34-29(33)32-25-12-13-27-22(17-25)15-20-6-4-8-26(20)28(27)14-11-24-10-9-21(18-31-24)19-5-3-7-23(30)16-19;1-2-34-28(33)32-24-9-10-25-20(14-24)12-21-15-30-17-27(21)26(25)11-8-23-7-6-19(16-31-23)18-4-3-5-22(29)13-18;1-2-33-28(32)31-24-9-10-25-21(16-24)14-19-12-13-34-27(19)26(25)11-8-23-7-6-20(17-30-23)18-4-3-5-22(29)15-18/h3-5,7-11,14,16,18,22,25,27-28H,2,6,12-13,15,17H2,1H3,(H,32,33);3-8,11,13,15-17,20,24-26,30H,2,9-10,12,14H2,1H3,(H,32,33);3-8,11-13,15,17,21,24-26H,2,9-10,14,16H2,1H3,(H,31,32)/b14-11+;2*11-8+/t22-,25-,27-,28-;20-,24-,25-,26+;21-,24-,25-,26+/m111/s1. The first kappa shape index (κ1) is 70.4. The van der Waals surface area contributed by atoms with Crippen molar-refractivity contribution in [3.8, 4) is 33.4 Å². The number of H-pyrrole nitrogens is 1. The number of carbonyl (C=O) groups excluding carboxylic acids is 3. The van der Waals surface area contributed by atoms with Gasteiger partial charge in [0, 0.05) is 83.6 Å². The van der Waals surface area contributed by atoms with E-state index in [4.69, 9.17) is 18.6 Å². The summed E-state index contributed by atoms with van der Waals surface area (Å²) < 4.78 is 61.8. The lowest BCUT2D eigenvalue weighted by molar-refractivity contribution is 0.125. The van der Waals surface area contributed by atoms with Gasteiger partial charge in [0.15, 0.2) is 0 Å². The van der Waals surface area contributed by atoms with Gasteiger partial charge in [-0.25, -0.2) is 27.6 Å². The zero-order valence-corrected chi connectivity index (χ0v) is 58.1. The van der Waals surface area contributed by atoms with Gasteiger partial charge in [0.25, 0.3) is 0 Å². The number of allylic oxidation sites excluding steroid dienone is 7. The first-order valence-corrected chi connectivity index (χ1v) is 36.4. The summed E-state index contributed by atoms with van der Waals surface area (Å²) >= 11 is 0. The van der Waals surface area contributed by atoms with Crippen LogP contribution in [-0.4, -0.2) is 76.2 Å². The van der Waals surface area contributed by atoms with Crippen molar-refractivity contribution in [1.82, 2.24) is 35.9 Å². The second-order valence-electron chi connectivity index (χ2n) is 28.0. The fourth-order valence-electron chi connectivity index (χ4n) is 17.1. The second-order valence-corrected chi connectivity index (χ2v) is 28.0. The van der Waals surface area contributed by atoms with Crippen LogP contribution < -0.4 is 16.0 Å². The Morgan fingerprint density at radius 1 is 0.500 bits per heavy atom. The molecule has 3 amide bonds. The summed E-state index contributed by atoms with van der Waals surface area (Å²) in [6, 6.07) is 34.2. The normalized spacial score (nSPS) is 24.5. The summed E-state index contributed by atoms with van der Waals surface area (Å²) in [5.41, 5.74) is 14.8. The number of hydrogen-bond acceptors (Lipinski definition) is 10. The maximum atomic E-state index is 13.6. The lowest BCUT2D eigenvalue weighted by Crippen LogP contribution is -2.43. The molecule has 3 saturated carbocycles. The number of nitrogens with one attached hydrogen (secondary N) is 4. The van der Waals surface area contributed by atoms with Gasteiger partial charge in [-0.2, -0.15) is 0 Å². The molecular weight excluding hydrogens is 1290 g/mol. The van der Waals surface area contributed by atoms with Gasteiger partial charge in [-0.15, -0.1) is 0 Å². The van der Waals surface area contributed by atoms with Gasteiger partial charge in [-0.05, 0) is 258 Å². The molecule has 17 heteroatoms. The first-order valence-electron chi connectivity index (χ1n) is 36.4. The van der Waals surface area contributed by atoms with Crippen LogP contribution in [0.15, 0.2) is 198 Å². The van der Waals surface area contributed by atoms with E-state index in [1.165, 1.54) is 58.7 Å². The molecule has 5 heterocycles. The number of furan rings is 1. The summed E-state index contributed by atoms with van der Waals surface area (Å²) in [7, 11) is 0. The topological polar surface area (TPSA) is 183 Å². The van der Waals surface area contributed by atoms with Crippen molar-refractivity contribution in [2.75, 3.05) is 19.8 Å². The summed E-state index contributed by atoms with van der Waals surface area (Å²) in [6.07, 6.45) is 41.3. The highest BCUT2D eigenvalue weighted by atomic mass is 19.1. The number of ether oxygens (including phenoxy) is 3. The fourth-order valence-corrected chi connectivity index (χ4v) is 17.1. The van der Waals surface area contributed by atoms with Crippen molar-refractivity contribution in [2.45, 2.75) is 134 Å². The largest absolute Gasteiger partial charge is 0.468 e. The van der Waals surface area contributed by atoms with E-state index in [9.17, 15) is 27.6 Å². The quantitative estimate of drug-likeness (QED) is 0.0721. The number of benzene rings is 3. The Labute approximate surface area is 595 Å². The van der Waals surface area contributed by atoms with Crippen LogP contribution >= 0.6 is 0 Å². The predicted octanol–water partition coefficient (Wildman–Crippen LogP) is 19.2. The summed E-state index contributed by atoms with van der Waals surface area (Å²) in [4.78, 5) is 52.8. The highest BCUT2D eigenvalue weighted by Gasteiger charge is 2.44. The highest BCUT2D eigenvalue weighted by Crippen LogP contribution is 2.52. The van der Waals surface area contributed by atoms with Crippen LogP contribution in [0.5, 0.6) is 0 Å². The molecule has 0 radical (unpaired) electrons. The average molecular weight is 1380 g/mol. The SMILES string of the molecule is CCOC(=O)N[C@@H]1CC[C@@H]2[C@H](CC3=C(C=CC3)[C@H]2/C=C/c2ccc(-c3cccc(F)c3)cn2)C1.CCOC(=O)N[C@@H]1CC[C@@H]2[C@H](Cc3c[nH]cc3[C@H]2/C=C/c2ccc(-c3cccc(F)c3)cn2)C1.CCOC(=O)N[C@@H]1CC[C@@H]2[C@H](Cc3ccoc3[C@H]2/C=C/c2ccc(-c3cccc(F)c3)cn2)C1. The number of hydrogen-bond donors (Lipinski definition) is 4. The molecular formula is C85H90F3N7O7. The van der Waals surface area contributed by atoms with E-state index in [2.05, 4.69) is 103 Å². The van der Waals surface area contributed by atoms with Gasteiger partial charge in [0.2, 0.25) is 0 Å². The van der Waals surface area contributed by atoms with Crippen LogP contribution in [0.3, 0.4) is 0 Å². The number of alkyl carbamates (subject to hydrolysis) is 3. The number of pyridine rings is 3. The van der Waals surface area contributed by atoms with Gasteiger partial charge in [-0.1, -0.05) is 90.6 Å². The minimum atomic E-state index is -0.324. The van der Waals surface area contributed by atoms with Gasteiger partial charge < -0.3 is 39.6 Å². The van der Waals surface area contributed by atoms with E-state index < -0.39 is 0 Å². The maximum absolute atomic E-state index is 13.6. The van der Waals surface area contributed by atoms with Crippen molar-refractivity contribution < 1.29 is 46.2 Å². The van der Waals surface area contributed by atoms with E-state index in [-0.39, 0.29) is 59.8 Å². The lowest BCUT2D eigenvalue weighted by atomic mass is 9.63. The second kappa shape index (κ2) is 33.2. The Kier molecular flexibility index (Phi) is 22.9. The van der Waals surface area contributed by atoms with Crippen LogP contribution in [0.4, 0.5) is 27.6 Å². The number of nitrogens with zero attached hydrogens (tertiary/aromatic N) is 3. The van der Waals surface area contributed by atoms with Crippen molar-refractivity contribution in [3.63, 3.8) is 0 Å². The van der Waals surface area contributed by atoms with Crippen molar-refractivity contribution >= 4 is 36.5 Å². The number of rotatable bonds is 15. The Morgan fingerprint density at radius 3 is 1.38 bits per heavy atom. The third kappa shape index (κ3) is 17.3. The first-order chi connectivity index (χ1) is 49.8. The third-order valence-corrected chi connectivity index (χ3v) is 21.8. The number of carbonyl (C=O) groups is 3. The molecule has 0 saturated heterocycles. The molecule has 8 aromatic rings. The number of fused-ring (bicyclic) bond motifs is 5.